The molecule has 0 aliphatic heterocycles. The van der Waals surface area contributed by atoms with E-state index in [2.05, 4.69) is 33.0 Å². The fourth-order valence-electron chi connectivity index (χ4n) is 1.75. The number of methoxy groups -OCH3 is 1. The second-order valence-corrected chi connectivity index (χ2v) is 6.78. The summed E-state index contributed by atoms with van der Waals surface area (Å²) in [7, 11) is 1.63. The summed E-state index contributed by atoms with van der Waals surface area (Å²) in [6, 6.07) is 7.42. The van der Waals surface area contributed by atoms with E-state index in [1.54, 1.807) is 18.9 Å². The molecule has 4 heteroatoms. The first-order valence-corrected chi connectivity index (χ1v) is 8.05. The van der Waals surface area contributed by atoms with Gasteiger partial charge in [0.1, 0.15) is 5.75 Å². The average Bonchev–Trinajstić information content (AvgIpc) is 2.39. The van der Waals surface area contributed by atoms with E-state index in [0.717, 1.165) is 17.2 Å². The Morgan fingerprint density at radius 2 is 1.80 bits per heavy atom. The molecule has 1 rings (SSSR count). The molecule has 0 fully saturated rings. The van der Waals surface area contributed by atoms with E-state index in [9.17, 15) is 4.79 Å². The van der Waals surface area contributed by atoms with Gasteiger partial charge in [-0.15, -0.1) is 11.8 Å². The van der Waals surface area contributed by atoms with Crippen LogP contribution in [0.5, 0.6) is 5.75 Å². The zero-order valence-corrected chi connectivity index (χ0v) is 13.8. The molecule has 0 aromatic heterocycles. The number of carbonyl (C=O) groups excluding carboxylic acids is 1. The van der Waals surface area contributed by atoms with Gasteiger partial charge in [-0.25, -0.2) is 0 Å². The van der Waals surface area contributed by atoms with Crippen molar-refractivity contribution in [3.05, 3.63) is 24.3 Å². The fraction of sp³-hybridized carbons (Fsp3) is 0.562. The molecule has 0 aliphatic rings. The molecule has 1 N–H and O–H groups in total. The summed E-state index contributed by atoms with van der Waals surface area (Å²) in [4.78, 5) is 12.4. The number of benzene rings is 1. The van der Waals surface area contributed by atoms with Gasteiger partial charge in [0.2, 0.25) is 5.91 Å². The summed E-state index contributed by atoms with van der Waals surface area (Å²) in [5.41, 5.74) is 0.812. The van der Waals surface area contributed by atoms with Crippen LogP contribution in [0.3, 0.4) is 0 Å². The van der Waals surface area contributed by atoms with Crippen molar-refractivity contribution >= 4 is 23.4 Å². The van der Waals surface area contributed by atoms with Crippen LogP contribution in [0.4, 0.5) is 5.69 Å². The molecule has 20 heavy (non-hydrogen) atoms. The lowest BCUT2D eigenvalue weighted by atomic mass is 10.1. The smallest absolute Gasteiger partial charge is 0.237 e. The van der Waals surface area contributed by atoms with Gasteiger partial charge in [-0.3, -0.25) is 4.79 Å². The van der Waals surface area contributed by atoms with Crippen LogP contribution in [-0.4, -0.2) is 24.0 Å². The molecule has 3 nitrogen and oxygen atoms in total. The van der Waals surface area contributed by atoms with Crippen LogP contribution >= 0.6 is 11.8 Å². The molecular weight excluding hydrogens is 270 g/mol. The summed E-state index contributed by atoms with van der Waals surface area (Å²) in [5, 5.41) is 2.97. The third kappa shape index (κ3) is 5.45. The number of nitrogens with one attached hydrogen (secondary N) is 1. The monoisotopic (exact) mass is 295 g/mol. The van der Waals surface area contributed by atoms with Gasteiger partial charge in [0, 0.05) is 5.69 Å². The highest BCUT2D eigenvalue weighted by Gasteiger charge is 2.23. The van der Waals surface area contributed by atoms with E-state index in [1.807, 2.05) is 24.3 Å². The lowest BCUT2D eigenvalue weighted by molar-refractivity contribution is -0.116. The predicted octanol–water partition coefficient (Wildman–Crippen LogP) is 4.05. The number of rotatable bonds is 7. The molecule has 1 atom stereocenters. The van der Waals surface area contributed by atoms with Crippen molar-refractivity contribution in [3.8, 4) is 5.75 Å². The second kappa shape index (κ2) is 8.20. The minimum absolute atomic E-state index is 0.0144. The van der Waals surface area contributed by atoms with E-state index in [1.165, 1.54) is 0 Å². The Morgan fingerprint density at radius 1 is 1.20 bits per heavy atom. The van der Waals surface area contributed by atoms with Gasteiger partial charge < -0.3 is 10.1 Å². The maximum Gasteiger partial charge on any atom is 0.237 e. The van der Waals surface area contributed by atoms with Crippen molar-refractivity contribution in [1.29, 1.82) is 0 Å². The Kier molecular flexibility index (Phi) is 6.93. The molecule has 0 radical (unpaired) electrons. The number of carbonyl (C=O) groups is 1. The Balaban J connectivity index is 2.64. The van der Waals surface area contributed by atoms with Crippen molar-refractivity contribution in [3.63, 3.8) is 0 Å². The molecule has 0 saturated heterocycles. The van der Waals surface area contributed by atoms with Crippen LogP contribution in [0, 0.1) is 11.8 Å². The van der Waals surface area contributed by atoms with Crippen LogP contribution in [0.2, 0.25) is 0 Å². The lowest BCUT2D eigenvalue weighted by Gasteiger charge is -2.20. The van der Waals surface area contributed by atoms with Gasteiger partial charge >= 0.3 is 0 Å². The van der Waals surface area contributed by atoms with Crippen molar-refractivity contribution < 1.29 is 9.53 Å². The largest absolute Gasteiger partial charge is 0.497 e. The highest BCUT2D eigenvalue weighted by Crippen LogP contribution is 2.24. The zero-order valence-electron chi connectivity index (χ0n) is 13.0. The maximum absolute atomic E-state index is 12.4. The minimum atomic E-state index is -0.0144. The van der Waals surface area contributed by atoms with Crippen molar-refractivity contribution in [1.82, 2.24) is 0 Å². The Labute approximate surface area is 126 Å². The van der Waals surface area contributed by atoms with Crippen LogP contribution < -0.4 is 10.1 Å². The number of ether oxygens (including phenoxy) is 1. The lowest BCUT2D eigenvalue weighted by Crippen LogP contribution is -2.30. The Bertz CT molecular complexity index is 415. The highest BCUT2D eigenvalue weighted by atomic mass is 32.2. The number of thioether (sulfide) groups is 1. The predicted molar refractivity (Wildman–Crippen MR) is 87.5 cm³/mol. The molecule has 0 bridgehead atoms. The van der Waals surface area contributed by atoms with Gasteiger partial charge in [-0.05, 0) is 41.9 Å². The van der Waals surface area contributed by atoms with E-state index in [-0.39, 0.29) is 11.2 Å². The summed E-state index contributed by atoms with van der Waals surface area (Å²) >= 11 is 1.74. The summed E-state index contributed by atoms with van der Waals surface area (Å²) in [6.07, 6.45) is 0. The first-order valence-electron chi connectivity index (χ1n) is 7.00. The van der Waals surface area contributed by atoms with Gasteiger partial charge in [0.05, 0.1) is 12.4 Å². The molecule has 0 heterocycles. The van der Waals surface area contributed by atoms with E-state index >= 15 is 0 Å². The molecule has 1 aromatic carbocycles. The number of hydrogen-bond donors (Lipinski definition) is 1. The summed E-state index contributed by atoms with van der Waals surface area (Å²) < 4.78 is 5.11. The van der Waals surface area contributed by atoms with Crippen molar-refractivity contribution in [2.24, 2.45) is 11.8 Å². The van der Waals surface area contributed by atoms with Gasteiger partial charge in [-0.1, -0.05) is 27.7 Å². The van der Waals surface area contributed by atoms with E-state index in [4.69, 9.17) is 4.74 Å². The molecule has 0 aliphatic carbocycles. The van der Waals surface area contributed by atoms with Crippen LogP contribution in [-0.2, 0) is 4.79 Å². The van der Waals surface area contributed by atoms with Crippen LogP contribution in [0.1, 0.15) is 27.7 Å². The van der Waals surface area contributed by atoms with E-state index < -0.39 is 0 Å². The number of anilines is 1. The third-order valence-corrected chi connectivity index (χ3v) is 4.81. The molecule has 0 spiro atoms. The van der Waals surface area contributed by atoms with Crippen LogP contribution in [0.25, 0.3) is 0 Å². The third-order valence-electron chi connectivity index (χ3n) is 2.83. The van der Waals surface area contributed by atoms with Gasteiger partial charge in [-0.2, -0.15) is 0 Å². The molecule has 1 unspecified atom stereocenters. The second-order valence-electron chi connectivity index (χ2n) is 5.61. The minimum Gasteiger partial charge on any atom is -0.497 e. The standard InChI is InChI=1S/C16H25NO2S/c1-11(2)10-20-15(12(3)4)16(18)17-13-6-8-14(19-5)9-7-13/h6-9,11-12,15H,10H2,1-5H3,(H,17,18). The van der Waals surface area contributed by atoms with Crippen molar-refractivity contribution in [2.75, 3.05) is 18.2 Å². The Hall–Kier alpha value is -1.16. The average molecular weight is 295 g/mol. The summed E-state index contributed by atoms with van der Waals surface area (Å²) in [6.45, 7) is 8.52. The van der Waals surface area contributed by atoms with Gasteiger partial charge in [0.25, 0.3) is 0 Å². The fourth-order valence-corrected chi connectivity index (χ4v) is 2.94. The quantitative estimate of drug-likeness (QED) is 0.825. The van der Waals surface area contributed by atoms with Crippen LogP contribution in [0.15, 0.2) is 24.3 Å². The summed E-state index contributed by atoms with van der Waals surface area (Å²) in [5.74, 6) is 2.78. The Morgan fingerprint density at radius 3 is 2.25 bits per heavy atom. The first-order chi connectivity index (χ1) is 9.43. The topological polar surface area (TPSA) is 38.3 Å². The van der Waals surface area contributed by atoms with Crippen molar-refractivity contribution in [2.45, 2.75) is 32.9 Å². The molecule has 1 amide bonds. The molecular formula is C16H25NO2S. The van der Waals surface area contributed by atoms with Gasteiger partial charge in [0.15, 0.2) is 0 Å². The normalized spacial score (nSPS) is 12.6. The zero-order chi connectivity index (χ0) is 15.1. The van der Waals surface area contributed by atoms with E-state index in [0.29, 0.717) is 11.8 Å². The SMILES string of the molecule is COc1ccc(NC(=O)C(SCC(C)C)C(C)C)cc1. The molecule has 0 saturated carbocycles. The first kappa shape index (κ1) is 16.9. The number of hydrogen-bond acceptors (Lipinski definition) is 3. The highest BCUT2D eigenvalue weighted by molar-refractivity contribution is 8.00. The maximum atomic E-state index is 12.4. The number of amides is 1. The molecule has 112 valence electrons. The molecule has 1 aromatic rings.